The molecule has 5 heteroatoms. The maximum absolute atomic E-state index is 10.6. The second kappa shape index (κ2) is 5.67. The second-order valence-corrected chi connectivity index (χ2v) is 4.47. The van der Waals surface area contributed by atoms with Gasteiger partial charge in [-0.2, -0.15) is 0 Å². The van der Waals surface area contributed by atoms with Gasteiger partial charge in [0, 0.05) is 6.07 Å². The summed E-state index contributed by atoms with van der Waals surface area (Å²) in [6.07, 6.45) is 0. The van der Waals surface area contributed by atoms with Crippen LogP contribution in [-0.2, 0) is 18.0 Å². The Bertz CT molecular complexity index is 569. The van der Waals surface area contributed by atoms with Gasteiger partial charge in [-0.3, -0.25) is 0 Å². The molecule has 0 unspecified atom stereocenters. The number of carboxylic acid groups (broad SMARTS) is 1. The lowest BCUT2D eigenvalue weighted by Gasteiger charge is -2.05. The number of aromatic carboxylic acids is 1. The molecule has 5 nitrogen and oxygen atoms in total. The molecular formula is C14H15NO4. The van der Waals surface area contributed by atoms with E-state index in [0.717, 1.165) is 5.56 Å². The molecule has 2 rings (SSSR count). The van der Waals surface area contributed by atoms with Gasteiger partial charge in [-0.25, -0.2) is 4.79 Å². The largest absolute Gasteiger partial charge is 0.476 e. The third-order valence-electron chi connectivity index (χ3n) is 2.57. The van der Waals surface area contributed by atoms with Crippen LogP contribution < -0.4 is 0 Å². The highest BCUT2D eigenvalue weighted by molar-refractivity contribution is 5.85. The summed E-state index contributed by atoms with van der Waals surface area (Å²) < 4.78 is 10.3. The third kappa shape index (κ3) is 3.66. The standard InChI is InChI=1S/C14H15NO4/c1-9-3-10(2)5-11(4-9)7-18-8-12-6-13(14(16)17)15-19-12/h3-6H,7-8H2,1-2H3,(H,16,17). The fourth-order valence-corrected chi connectivity index (χ4v) is 1.90. The average molecular weight is 261 g/mol. The summed E-state index contributed by atoms with van der Waals surface area (Å²) in [4.78, 5) is 10.6. The molecule has 2 aromatic rings. The smallest absolute Gasteiger partial charge is 0.358 e. The van der Waals surface area contributed by atoms with Gasteiger partial charge < -0.3 is 14.4 Å². The van der Waals surface area contributed by atoms with Crippen molar-refractivity contribution in [1.82, 2.24) is 5.16 Å². The Kier molecular flexibility index (Phi) is 3.97. The third-order valence-corrected chi connectivity index (χ3v) is 2.57. The summed E-state index contributed by atoms with van der Waals surface area (Å²) in [5.74, 6) is -0.703. The molecule has 0 aliphatic heterocycles. The van der Waals surface area contributed by atoms with Gasteiger partial charge in [0.25, 0.3) is 0 Å². The van der Waals surface area contributed by atoms with Crippen molar-refractivity contribution in [3.8, 4) is 0 Å². The second-order valence-electron chi connectivity index (χ2n) is 4.47. The Labute approximate surface area is 110 Å². The van der Waals surface area contributed by atoms with E-state index in [1.807, 2.05) is 13.8 Å². The number of aryl methyl sites for hydroxylation is 2. The summed E-state index contributed by atoms with van der Waals surface area (Å²) >= 11 is 0. The Morgan fingerprint density at radius 2 is 1.89 bits per heavy atom. The monoisotopic (exact) mass is 261 g/mol. The Hall–Kier alpha value is -2.14. The van der Waals surface area contributed by atoms with E-state index in [1.54, 1.807) is 0 Å². The molecule has 0 aliphatic carbocycles. The van der Waals surface area contributed by atoms with Crippen molar-refractivity contribution in [3.05, 3.63) is 52.4 Å². The number of hydrogen-bond donors (Lipinski definition) is 1. The lowest BCUT2D eigenvalue weighted by molar-refractivity contribution is 0.0683. The van der Waals surface area contributed by atoms with Crippen LogP contribution in [0.25, 0.3) is 0 Å². The van der Waals surface area contributed by atoms with Crippen LogP contribution in [0.3, 0.4) is 0 Å². The molecule has 0 saturated heterocycles. The number of rotatable bonds is 5. The van der Waals surface area contributed by atoms with E-state index in [4.69, 9.17) is 14.4 Å². The quantitative estimate of drug-likeness (QED) is 0.895. The zero-order chi connectivity index (χ0) is 13.8. The van der Waals surface area contributed by atoms with E-state index in [1.165, 1.54) is 17.2 Å². The van der Waals surface area contributed by atoms with Crippen molar-refractivity contribution in [2.45, 2.75) is 27.1 Å². The molecule has 0 saturated carbocycles. The highest BCUT2D eigenvalue weighted by atomic mass is 16.5. The zero-order valence-corrected chi connectivity index (χ0v) is 10.8. The van der Waals surface area contributed by atoms with E-state index >= 15 is 0 Å². The van der Waals surface area contributed by atoms with Crippen LogP contribution in [0.5, 0.6) is 0 Å². The van der Waals surface area contributed by atoms with Crippen molar-refractivity contribution in [2.75, 3.05) is 0 Å². The lowest BCUT2D eigenvalue weighted by Crippen LogP contribution is -1.96. The van der Waals surface area contributed by atoms with E-state index in [2.05, 4.69) is 23.4 Å². The molecule has 1 N–H and O–H groups in total. The van der Waals surface area contributed by atoms with Gasteiger partial charge in [0.1, 0.15) is 6.61 Å². The maximum Gasteiger partial charge on any atom is 0.358 e. The molecule has 0 aliphatic rings. The minimum atomic E-state index is -1.11. The SMILES string of the molecule is Cc1cc(C)cc(COCc2cc(C(=O)O)no2)c1. The average Bonchev–Trinajstić information content (AvgIpc) is 2.76. The number of hydrogen-bond acceptors (Lipinski definition) is 4. The van der Waals surface area contributed by atoms with Crippen molar-refractivity contribution in [2.24, 2.45) is 0 Å². The first-order chi connectivity index (χ1) is 9.04. The van der Waals surface area contributed by atoms with Crippen molar-refractivity contribution in [1.29, 1.82) is 0 Å². The fraction of sp³-hybridized carbons (Fsp3) is 0.286. The van der Waals surface area contributed by atoms with Crippen molar-refractivity contribution >= 4 is 5.97 Å². The van der Waals surface area contributed by atoms with Gasteiger partial charge in [0.15, 0.2) is 11.5 Å². The van der Waals surface area contributed by atoms with Crippen LogP contribution in [0.2, 0.25) is 0 Å². The molecule has 0 radical (unpaired) electrons. The Morgan fingerprint density at radius 1 is 1.21 bits per heavy atom. The van der Waals surface area contributed by atoms with E-state index in [-0.39, 0.29) is 12.3 Å². The molecule has 0 bridgehead atoms. The van der Waals surface area contributed by atoms with E-state index in [9.17, 15) is 4.79 Å². The zero-order valence-electron chi connectivity index (χ0n) is 10.8. The fourth-order valence-electron chi connectivity index (χ4n) is 1.90. The Morgan fingerprint density at radius 3 is 2.47 bits per heavy atom. The number of ether oxygens (including phenoxy) is 1. The molecule has 0 amide bonds. The minimum Gasteiger partial charge on any atom is -0.476 e. The maximum atomic E-state index is 10.6. The molecule has 19 heavy (non-hydrogen) atoms. The first kappa shape index (κ1) is 13.3. The highest BCUT2D eigenvalue weighted by Gasteiger charge is 2.10. The normalized spacial score (nSPS) is 10.6. The summed E-state index contributed by atoms with van der Waals surface area (Å²) in [5.41, 5.74) is 3.35. The number of aromatic nitrogens is 1. The van der Waals surface area contributed by atoms with Crippen LogP contribution in [-0.4, -0.2) is 16.2 Å². The molecule has 100 valence electrons. The predicted octanol–water partition coefficient (Wildman–Crippen LogP) is 2.71. The van der Waals surface area contributed by atoms with Crippen molar-refractivity contribution in [3.63, 3.8) is 0 Å². The predicted molar refractivity (Wildman–Crippen MR) is 67.9 cm³/mol. The first-order valence-corrected chi connectivity index (χ1v) is 5.88. The molecule has 0 atom stereocenters. The Balaban J connectivity index is 1.90. The molecule has 1 aromatic heterocycles. The summed E-state index contributed by atoms with van der Waals surface area (Å²) in [6.45, 7) is 4.72. The number of benzene rings is 1. The van der Waals surface area contributed by atoms with Crippen LogP contribution in [0.15, 0.2) is 28.8 Å². The molecule has 0 spiro atoms. The van der Waals surface area contributed by atoms with Crippen LogP contribution in [0.1, 0.15) is 32.9 Å². The summed E-state index contributed by atoms with van der Waals surface area (Å²) in [5, 5.41) is 12.1. The van der Waals surface area contributed by atoms with Crippen LogP contribution in [0, 0.1) is 13.8 Å². The molecule has 0 fully saturated rings. The van der Waals surface area contributed by atoms with E-state index < -0.39 is 5.97 Å². The van der Waals surface area contributed by atoms with Crippen LogP contribution >= 0.6 is 0 Å². The van der Waals surface area contributed by atoms with Crippen LogP contribution in [0.4, 0.5) is 0 Å². The molecule has 1 heterocycles. The van der Waals surface area contributed by atoms with Gasteiger partial charge >= 0.3 is 5.97 Å². The summed E-state index contributed by atoms with van der Waals surface area (Å²) in [7, 11) is 0. The number of nitrogens with zero attached hydrogens (tertiary/aromatic N) is 1. The molecule has 1 aromatic carbocycles. The van der Waals surface area contributed by atoms with Gasteiger partial charge in [-0.05, 0) is 19.4 Å². The minimum absolute atomic E-state index is 0.106. The van der Waals surface area contributed by atoms with Gasteiger partial charge in [-0.1, -0.05) is 34.5 Å². The van der Waals surface area contributed by atoms with Gasteiger partial charge in [-0.15, -0.1) is 0 Å². The van der Waals surface area contributed by atoms with E-state index in [0.29, 0.717) is 12.4 Å². The first-order valence-electron chi connectivity index (χ1n) is 5.88. The highest BCUT2D eigenvalue weighted by Crippen LogP contribution is 2.11. The number of carboxylic acids is 1. The van der Waals surface area contributed by atoms with Gasteiger partial charge in [0.2, 0.25) is 0 Å². The topological polar surface area (TPSA) is 72.6 Å². The van der Waals surface area contributed by atoms with Crippen molar-refractivity contribution < 1.29 is 19.2 Å². The van der Waals surface area contributed by atoms with Gasteiger partial charge in [0.05, 0.1) is 6.61 Å². The molecular weight excluding hydrogens is 246 g/mol. The summed E-state index contributed by atoms with van der Waals surface area (Å²) in [6, 6.07) is 7.56. The lowest BCUT2D eigenvalue weighted by atomic mass is 10.1. The number of carbonyl (C=O) groups is 1.